The van der Waals surface area contributed by atoms with Gasteiger partial charge in [0.2, 0.25) is 0 Å². The SMILES string of the molecule is CC(C)OCC(N)C1CN2CCN1CC2. The van der Waals surface area contributed by atoms with Crippen LogP contribution in [0.5, 0.6) is 0 Å². The summed E-state index contributed by atoms with van der Waals surface area (Å²) in [5.74, 6) is 0. The van der Waals surface area contributed by atoms with Crippen molar-refractivity contribution in [3.05, 3.63) is 0 Å². The predicted molar refractivity (Wildman–Crippen MR) is 60.9 cm³/mol. The Balaban J connectivity index is 1.82. The maximum atomic E-state index is 6.19. The van der Waals surface area contributed by atoms with E-state index in [1.165, 1.54) is 26.2 Å². The Morgan fingerprint density at radius 1 is 1.27 bits per heavy atom. The van der Waals surface area contributed by atoms with E-state index in [4.69, 9.17) is 10.5 Å². The van der Waals surface area contributed by atoms with Gasteiger partial charge in [-0.1, -0.05) is 0 Å². The van der Waals surface area contributed by atoms with Gasteiger partial charge in [0.1, 0.15) is 0 Å². The summed E-state index contributed by atoms with van der Waals surface area (Å²) in [6.07, 6.45) is 0.284. The molecule has 0 spiro atoms. The van der Waals surface area contributed by atoms with Gasteiger partial charge in [0.25, 0.3) is 0 Å². The van der Waals surface area contributed by atoms with Crippen LogP contribution in [0, 0.1) is 0 Å². The Kier molecular flexibility index (Phi) is 3.61. The summed E-state index contributed by atoms with van der Waals surface area (Å²) >= 11 is 0. The monoisotopic (exact) mass is 213 g/mol. The molecule has 15 heavy (non-hydrogen) atoms. The molecule has 4 heteroatoms. The van der Waals surface area contributed by atoms with E-state index in [1.807, 2.05) is 0 Å². The molecule has 3 rings (SSSR count). The second kappa shape index (κ2) is 4.78. The molecule has 3 saturated heterocycles. The Morgan fingerprint density at radius 3 is 2.40 bits per heavy atom. The number of rotatable bonds is 4. The molecular formula is C11H23N3O. The first-order valence-corrected chi connectivity index (χ1v) is 6.00. The van der Waals surface area contributed by atoms with Gasteiger partial charge < -0.3 is 10.5 Å². The van der Waals surface area contributed by atoms with Gasteiger partial charge in [0, 0.05) is 44.8 Å². The maximum absolute atomic E-state index is 6.19. The van der Waals surface area contributed by atoms with Crippen LogP contribution >= 0.6 is 0 Å². The van der Waals surface area contributed by atoms with Gasteiger partial charge >= 0.3 is 0 Å². The highest BCUT2D eigenvalue weighted by Crippen LogP contribution is 2.17. The van der Waals surface area contributed by atoms with E-state index >= 15 is 0 Å². The number of nitrogens with two attached hydrogens (primary N) is 1. The number of piperazine rings is 3. The van der Waals surface area contributed by atoms with Gasteiger partial charge in [-0.25, -0.2) is 0 Å². The number of nitrogens with zero attached hydrogens (tertiary/aromatic N) is 2. The van der Waals surface area contributed by atoms with E-state index in [0.717, 1.165) is 6.54 Å². The molecule has 88 valence electrons. The van der Waals surface area contributed by atoms with E-state index in [1.54, 1.807) is 0 Å². The van der Waals surface area contributed by atoms with Gasteiger partial charge in [0.05, 0.1) is 12.7 Å². The van der Waals surface area contributed by atoms with Crippen LogP contribution in [-0.4, -0.2) is 67.3 Å². The van der Waals surface area contributed by atoms with Crippen molar-refractivity contribution in [2.45, 2.75) is 32.0 Å². The van der Waals surface area contributed by atoms with Gasteiger partial charge in [-0.15, -0.1) is 0 Å². The average molecular weight is 213 g/mol. The van der Waals surface area contributed by atoms with Crippen LogP contribution in [0.15, 0.2) is 0 Å². The van der Waals surface area contributed by atoms with Crippen LogP contribution < -0.4 is 5.73 Å². The quantitative estimate of drug-likeness (QED) is 0.698. The lowest BCUT2D eigenvalue weighted by Crippen LogP contribution is -2.66. The van der Waals surface area contributed by atoms with Crippen LogP contribution in [0.1, 0.15) is 13.8 Å². The molecule has 3 aliphatic rings. The molecule has 3 fully saturated rings. The number of ether oxygens (including phenoxy) is 1. The Bertz CT molecular complexity index is 202. The Hall–Kier alpha value is -0.160. The summed E-state index contributed by atoms with van der Waals surface area (Å²) in [7, 11) is 0. The third kappa shape index (κ3) is 2.69. The second-order valence-corrected chi connectivity index (χ2v) is 4.95. The Labute approximate surface area is 92.4 Å². The molecule has 0 radical (unpaired) electrons. The molecule has 3 aliphatic heterocycles. The van der Waals surface area contributed by atoms with E-state index in [-0.39, 0.29) is 12.1 Å². The highest BCUT2D eigenvalue weighted by atomic mass is 16.5. The number of hydrogen-bond acceptors (Lipinski definition) is 4. The van der Waals surface area contributed by atoms with Gasteiger partial charge in [0.15, 0.2) is 0 Å². The van der Waals surface area contributed by atoms with E-state index in [9.17, 15) is 0 Å². The van der Waals surface area contributed by atoms with Gasteiger partial charge in [-0.2, -0.15) is 0 Å². The van der Waals surface area contributed by atoms with Crippen molar-refractivity contribution in [2.75, 3.05) is 39.3 Å². The summed E-state index contributed by atoms with van der Waals surface area (Å²) < 4.78 is 5.59. The molecule has 0 saturated carbocycles. The molecular weight excluding hydrogens is 190 g/mol. The van der Waals surface area contributed by atoms with Crippen LogP contribution in [0.3, 0.4) is 0 Å². The second-order valence-electron chi connectivity index (χ2n) is 4.95. The standard InChI is InChI=1S/C11H23N3O/c1-9(2)15-8-10(12)11-7-13-3-5-14(11)6-4-13/h9-11H,3-8,12H2,1-2H3. The first-order valence-electron chi connectivity index (χ1n) is 6.00. The van der Waals surface area contributed by atoms with Crippen molar-refractivity contribution in [3.8, 4) is 0 Å². The minimum atomic E-state index is 0.162. The lowest BCUT2D eigenvalue weighted by molar-refractivity contribution is -0.0214. The summed E-state index contributed by atoms with van der Waals surface area (Å²) in [5.41, 5.74) is 6.19. The number of hydrogen-bond donors (Lipinski definition) is 1. The van der Waals surface area contributed by atoms with Crippen molar-refractivity contribution in [2.24, 2.45) is 5.73 Å². The van der Waals surface area contributed by atoms with Crippen LogP contribution in [0.4, 0.5) is 0 Å². The summed E-state index contributed by atoms with van der Waals surface area (Å²) in [4.78, 5) is 5.04. The van der Waals surface area contributed by atoms with Crippen molar-refractivity contribution in [3.63, 3.8) is 0 Å². The zero-order valence-corrected chi connectivity index (χ0v) is 9.85. The lowest BCUT2D eigenvalue weighted by Gasteiger charge is -2.49. The van der Waals surface area contributed by atoms with E-state index < -0.39 is 0 Å². The highest BCUT2D eigenvalue weighted by molar-refractivity contribution is 4.93. The molecule has 0 aliphatic carbocycles. The fourth-order valence-electron chi connectivity index (χ4n) is 2.48. The minimum absolute atomic E-state index is 0.162. The zero-order chi connectivity index (χ0) is 10.8. The molecule has 0 aromatic carbocycles. The fourth-order valence-corrected chi connectivity index (χ4v) is 2.48. The molecule has 0 aromatic rings. The molecule has 0 aromatic heterocycles. The number of fused-ring (bicyclic) bond motifs is 3. The predicted octanol–water partition coefficient (Wildman–Crippen LogP) is -0.261. The molecule has 2 bridgehead atoms. The molecule has 2 unspecified atom stereocenters. The zero-order valence-electron chi connectivity index (χ0n) is 9.85. The first kappa shape index (κ1) is 11.3. The Morgan fingerprint density at radius 2 is 1.93 bits per heavy atom. The third-order valence-electron chi connectivity index (χ3n) is 3.44. The molecule has 4 nitrogen and oxygen atoms in total. The van der Waals surface area contributed by atoms with Crippen LogP contribution in [-0.2, 0) is 4.74 Å². The van der Waals surface area contributed by atoms with Crippen molar-refractivity contribution in [1.82, 2.24) is 9.80 Å². The highest BCUT2D eigenvalue weighted by Gasteiger charge is 2.35. The topological polar surface area (TPSA) is 41.7 Å². The lowest BCUT2D eigenvalue weighted by atomic mass is 10.0. The smallest absolute Gasteiger partial charge is 0.0636 e. The van der Waals surface area contributed by atoms with Crippen molar-refractivity contribution in [1.29, 1.82) is 0 Å². The van der Waals surface area contributed by atoms with Crippen LogP contribution in [0.2, 0.25) is 0 Å². The summed E-state index contributed by atoms with van der Waals surface area (Å²) in [6.45, 7) is 10.7. The summed E-state index contributed by atoms with van der Waals surface area (Å²) in [6, 6.07) is 0.668. The summed E-state index contributed by atoms with van der Waals surface area (Å²) in [5, 5.41) is 0. The van der Waals surface area contributed by atoms with Gasteiger partial charge in [-0.3, -0.25) is 9.80 Å². The largest absolute Gasteiger partial charge is 0.377 e. The fraction of sp³-hybridized carbons (Fsp3) is 1.00. The minimum Gasteiger partial charge on any atom is -0.377 e. The molecule has 3 heterocycles. The average Bonchev–Trinajstić information content (AvgIpc) is 2.27. The third-order valence-corrected chi connectivity index (χ3v) is 3.44. The van der Waals surface area contributed by atoms with Gasteiger partial charge in [-0.05, 0) is 13.8 Å². The first-order chi connectivity index (χ1) is 7.16. The van der Waals surface area contributed by atoms with Crippen LogP contribution in [0.25, 0.3) is 0 Å². The van der Waals surface area contributed by atoms with E-state index in [0.29, 0.717) is 12.6 Å². The molecule has 0 amide bonds. The molecule has 2 N–H and O–H groups in total. The van der Waals surface area contributed by atoms with Crippen molar-refractivity contribution < 1.29 is 4.74 Å². The van der Waals surface area contributed by atoms with Crippen molar-refractivity contribution >= 4 is 0 Å². The normalized spacial score (nSPS) is 37.2. The maximum Gasteiger partial charge on any atom is 0.0636 e. The molecule has 2 atom stereocenters. The van der Waals surface area contributed by atoms with E-state index in [2.05, 4.69) is 23.6 Å².